The molecule has 0 saturated heterocycles. The van der Waals surface area contributed by atoms with Crippen LogP contribution >= 0.6 is 11.8 Å². The number of aromatic nitrogens is 1. The van der Waals surface area contributed by atoms with Crippen LogP contribution in [0.1, 0.15) is 24.5 Å². The molecule has 2 rings (SSSR count). The molecule has 0 fully saturated rings. The molecule has 1 aromatic carbocycles. The summed E-state index contributed by atoms with van der Waals surface area (Å²) in [4.78, 5) is 5.71. The Morgan fingerprint density at radius 1 is 1.16 bits per heavy atom. The molecule has 19 heavy (non-hydrogen) atoms. The van der Waals surface area contributed by atoms with Gasteiger partial charge in [0.2, 0.25) is 0 Å². The molecule has 100 valence electrons. The molecular weight excluding hydrogens is 252 g/mol. The Hall–Kier alpha value is -1.32. The molecule has 0 amide bonds. The van der Waals surface area contributed by atoms with Crippen molar-refractivity contribution in [2.45, 2.75) is 42.7 Å². The molecule has 0 aliphatic rings. The molecule has 0 saturated carbocycles. The number of nitrogens with two attached hydrogens (primary N) is 1. The van der Waals surface area contributed by atoms with E-state index in [1.54, 1.807) is 11.8 Å². The van der Waals surface area contributed by atoms with E-state index in [1.165, 1.54) is 16.0 Å². The maximum absolute atomic E-state index is 5.95. The van der Waals surface area contributed by atoms with E-state index in [0.717, 1.165) is 17.9 Å². The van der Waals surface area contributed by atoms with Gasteiger partial charge in [0.15, 0.2) is 0 Å². The van der Waals surface area contributed by atoms with Crippen molar-refractivity contribution < 1.29 is 0 Å². The lowest BCUT2D eigenvalue weighted by Gasteiger charge is -2.08. The molecule has 0 aliphatic heterocycles. The number of nitrogens with zero attached hydrogens (tertiary/aromatic N) is 1. The zero-order chi connectivity index (χ0) is 13.7. The number of aryl methyl sites for hydroxylation is 1. The first-order valence-electron chi connectivity index (χ1n) is 6.62. The van der Waals surface area contributed by atoms with Crippen LogP contribution in [0.5, 0.6) is 0 Å². The second kappa shape index (κ2) is 6.73. The Kier molecular flexibility index (Phi) is 5.00. The SMILES string of the molecule is CCC(N)Cc1ccc(Sc2ccc(C)cc2)nc1. The van der Waals surface area contributed by atoms with Gasteiger partial charge in [-0.15, -0.1) is 0 Å². The standard InChI is InChI=1S/C16H20N2S/c1-3-14(17)10-13-6-9-16(18-11-13)19-15-7-4-12(2)5-8-15/h4-9,11,14H,3,10,17H2,1-2H3. The average molecular weight is 272 g/mol. The molecular formula is C16H20N2S. The quantitative estimate of drug-likeness (QED) is 0.899. The highest BCUT2D eigenvalue weighted by Crippen LogP contribution is 2.26. The number of benzene rings is 1. The van der Waals surface area contributed by atoms with Crippen LogP contribution in [-0.2, 0) is 6.42 Å². The summed E-state index contributed by atoms with van der Waals surface area (Å²) < 4.78 is 0. The first-order chi connectivity index (χ1) is 9.17. The van der Waals surface area contributed by atoms with Crippen molar-refractivity contribution in [2.75, 3.05) is 0 Å². The van der Waals surface area contributed by atoms with Crippen LogP contribution in [0.2, 0.25) is 0 Å². The van der Waals surface area contributed by atoms with Gasteiger partial charge in [-0.25, -0.2) is 4.98 Å². The lowest BCUT2D eigenvalue weighted by Crippen LogP contribution is -2.21. The van der Waals surface area contributed by atoms with Crippen molar-refractivity contribution >= 4 is 11.8 Å². The number of hydrogen-bond acceptors (Lipinski definition) is 3. The number of hydrogen-bond donors (Lipinski definition) is 1. The van der Waals surface area contributed by atoms with E-state index in [4.69, 9.17) is 5.73 Å². The molecule has 0 aliphatic carbocycles. The fourth-order valence-electron chi connectivity index (χ4n) is 1.77. The third kappa shape index (κ3) is 4.37. The van der Waals surface area contributed by atoms with Gasteiger partial charge in [-0.3, -0.25) is 0 Å². The highest BCUT2D eigenvalue weighted by molar-refractivity contribution is 7.99. The summed E-state index contributed by atoms with van der Waals surface area (Å²) in [5.41, 5.74) is 8.44. The summed E-state index contributed by atoms with van der Waals surface area (Å²) in [6, 6.07) is 12.9. The summed E-state index contributed by atoms with van der Waals surface area (Å²) in [6.07, 6.45) is 3.84. The Morgan fingerprint density at radius 2 is 1.89 bits per heavy atom. The van der Waals surface area contributed by atoms with E-state index in [1.807, 2.05) is 6.20 Å². The fraction of sp³-hybridized carbons (Fsp3) is 0.312. The summed E-state index contributed by atoms with van der Waals surface area (Å²) in [5.74, 6) is 0. The van der Waals surface area contributed by atoms with Crippen LogP contribution in [0.3, 0.4) is 0 Å². The molecule has 0 spiro atoms. The third-order valence-electron chi connectivity index (χ3n) is 3.06. The first kappa shape index (κ1) is 14.1. The van der Waals surface area contributed by atoms with Gasteiger partial charge in [0.05, 0.1) is 0 Å². The van der Waals surface area contributed by atoms with Gasteiger partial charge in [-0.2, -0.15) is 0 Å². The van der Waals surface area contributed by atoms with Crippen molar-refractivity contribution in [3.8, 4) is 0 Å². The van der Waals surface area contributed by atoms with Crippen LogP contribution in [0, 0.1) is 6.92 Å². The first-order valence-corrected chi connectivity index (χ1v) is 7.44. The highest BCUT2D eigenvalue weighted by Gasteiger charge is 2.03. The van der Waals surface area contributed by atoms with Crippen molar-refractivity contribution in [1.82, 2.24) is 4.98 Å². The predicted octanol–water partition coefficient (Wildman–Crippen LogP) is 3.82. The van der Waals surface area contributed by atoms with E-state index in [-0.39, 0.29) is 6.04 Å². The summed E-state index contributed by atoms with van der Waals surface area (Å²) >= 11 is 1.69. The average Bonchev–Trinajstić information content (AvgIpc) is 2.43. The summed E-state index contributed by atoms with van der Waals surface area (Å²) in [7, 11) is 0. The molecule has 2 nitrogen and oxygen atoms in total. The van der Waals surface area contributed by atoms with Gasteiger partial charge in [-0.05, 0) is 43.5 Å². The van der Waals surface area contributed by atoms with Crippen LogP contribution < -0.4 is 5.73 Å². The van der Waals surface area contributed by atoms with Crippen LogP contribution in [-0.4, -0.2) is 11.0 Å². The summed E-state index contributed by atoms with van der Waals surface area (Å²) in [5, 5.41) is 1.03. The van der Waals surface area contributed by atoms with Gasteiger partial charge in [0.1, 0.15) is 5.03 Å². The Labute approximate surface area is 119 Å². The molecule has 1 atom stereocenters. The fourth-order valence-corrected chi connectivity index (χ4v) is 2.52. The number of rotatable bonds is 5. The molecule has 0 bridgehead atoms. The van der Waals surface area contributed by atoms with Crippen molar-refractivity contribution in [2.24, 2.45) is 5.73 Å². The van der Waals surface area contributed by atoms with Gasteiger partial charge < -0.3 is 5.73 Å². The van der Waals surface area contributed by atoms with Gasteiger partial charge in [0, 0.05) is 17.1 Å². The minimum absolute atomic E-state index is 0.234. The second-order valence-corrected chi connectivity index (χ2v) is 5.89. The third-order valence-corrected chi connectivity index (χ3v) is 4.02. The van der Waals surface area contributed by atoms with E-state index in [9.17, 15) is 0 Å². The lowest BCUT2D eigenvalue weighted by atomic mass is 10.1. The van der Waals surface area contributed by atoms with E-state index in [0.29, 0.717) is 0 Å². The van der Waals surface area contributed by atoms with Gasteiger partial charge in [-0.1, -0.05) is 42.4 Å². The Bertz CT molecular complexity index is 505. The molecule has 1 heterocycles. The lowest BCUT2D eigenvalue weighted by molar-refractivity contribution is 0.644. The van der Waals surface area contributed by atoms with Crippen LogP contribution in [0.15, 0.2) is 52.5 Å². The summed E-state index contributed by atoms with van der Waals surface area (Å²) in [6.45, 7) is 4.21. The Morgan fingerprint density at radius 3 is 2.47 bits per heavy atom. The molecule has 1 unspecified atom stereocenters. The van der Waals surface area contributed by atoms with Crippen molar-refractivity contribution in [1.29, 1.82) is 0 Å². The van der Waals surface area contributed by atoms with E-state index >= 15 is 0 Å². The molecule has 2 aromatic rings. The minimum Gasteiger partial charge on any atom is -0.327 e. The van der Waals surface area contributed by atoms with E-state index < -0.39 is 0 Å². The molecule has 1 aromatic heterocycles. The molecule has 3 heteroatoms. The second-order valence-electron chi connectivity index (χ2n) is 4.79. The van der Waals surface area contributed by atoms with Crippen molar-refractivity contribution in [3.63, 3.8) is 0 Å². The maximum Gasteiger partial charge on any atom is 0.101 e. The van der Waals surface area contributed by atoms with Crippen molar-refractivity contribution in [3.05, 3.63) is 53.7 Å². The van der Waals surface area contributed by atoms with Gasteiger partial charge >= 0.3 is 0 Å². The van der Waals surface area contributed by atoms with Crippen LogP contribution in [0.4, 0.5) is 0 Å². The number of pyridine rings is 1. The van der Waals surface area contributed by atoms with E-state index in [2.05, 4.69) is 55.2 Å². The normalized spacial score (nSPS) is 12.4. The maximum atomic E-state index is 5.95. The smallest absolute Gasteiger partial charge is 0.101 e. The molecule has 2 N–H and O–H groups in total. The van der Waals surface area contributed by atoms with Gasteiger partial charge in [0.25, 0.3) is 0 Å². The Balaban J connectivity index is 2.00. The highest BCUT2D eigenvalue weighted by atomic mass is 32.2. The topological polar surface area (TPSA) is 38.9 Å². The minimum atomic E-state index is 0.234. The molecule has 0 radical (unpaired) electrons. The largest absolute Gasteiger partial charge is 0.327 e. The predicted molar refractivity (Wildman–Crippen MR) is 81.5 cm³/mol. The zero-order valence-corrected chi connectivity index (χ0v) is 12.3. The zero-order valence-electron chi connectivity index (χ0n) is 11.5. The monoisotopic (exact) mass is 272 g/mol. The van der Waals surface area contributed by atoms with Crippen LogP contribution in [0.25, 0.3) is 0 Å².